The molecule has 1 aliphatic rings. The quantitative estimate of drug-likeness (QED) is 0.495. The van der Waals surface area contributed by atoms with Crippen LogP contribution >= 0.6 is 0 Å². The van der Waals surface area contributed by atoms with E-state index in [-0.39, 0.29) is 12.5 Å². The number of amides is 1. The Morgan fingerprint density at radius 3 is 2.67 bits per heavy atom. The maximum absolute atomic E-state index is 12.3. The molecule has 0 spiro atoms. The highest BCUT2D eigenvalue weighted by molar-refractivity contribution is 6.02. The van der Waals surface area contributed by atoms with Crippen LogP contribution < -0.4 is 9.47 Å². The highest BCUT2D eigenvalue weighted by atomic mass is 16.5. The van der Waals surface area contributed by atoms with Crippen molar-refractivity contribution in [1.29, 1.82) is 0 Å². The summed E-state index contributed by atoms with van der Waals surface area (Å²) in [6, 6.07) is 15.0. The molecule has 156 valence electrons. The Labute approximate surface area is 175 Å². The number of carbonyl (C=O) groups excluding carboxylic acids is 2. The van der Waals surface area contributed by atoms with E-state index < -0.39 is 5.97 Å². The molecule has 2 aromatic rings. The molecule has 3 rings (SSSR count). The molecule has 7 nitrogen and oxygen atoms in total. The van der Waals surface area contributed by atoms with Crippen LogP contribution in [-0.4, -0.2) is 49.5 Å². The van der Waals surface area contributed by atoms with Crippen LogP contribution in [0.5, 0.6) is 11.5 Å². The first kappa shape index (κ1) is 21.1. The molecule has 30 heavy (non-hydrogen) atoms. The second-order valence-electron chi connectivity index (χ2n) is 6.46. The smallest absolute Gasteiger partial charge is 0.331 e. The largest absolute Gasteiger partial charge is 0.493 e. The molecule has 1 aliphatic heterocycles. The third kappa shape index (κ3) is 5.47. The van der Waals surface area contributed by atoms with Gasteiger partial charge in [0.05, 0.1) is 26.0 Å². The zero-order valence-corrected chi connectivity index (χ0v) is 17.0. The van der Waals surface area contributed by atoms with Crippen molar-refractivity contribution in [2.24, 2.45) is 5.10 Å². The van der Waals surface area contributed by atoms with Crippen LogP contribution in [0.4, 0.5) is 0 Å². The lowest BCUT2D eigenvalue weighted by atomic mass is 10.1. The van der Waals surface area contributed by atoms with Crippen LogP contribution in [0.15, 0.2) is 59.7 Å². The number of nitrogens with zero attached hydrogens (tertiary/aromatic N) is 2. The van der Waals surface area contributed by atoms with Crippen LogP contribution in [-0.2, 0) is 14.3 Å². The van der Waals surface area contributed by atoms with Crippen LogP contribution in [0.1, 0.15) is 24.5 Å². The molecular weight excluding hydrogens is 384 g/mol. The summed E-state index contributed by atoms with van der Waals surface area (Å²) in [4.78, 5) is 24.2. The minimum atomic E-state index is -0.609. The SMILES string of the molecule is CCOc1ccc(/C=C/C(=O)OCC(=O)N2CCC(c3ccccc3)=N2)cc1OC. The number of benzene rings is 2. The van der Waals surface area contributed by atoms with Gasteiger partial charge in [-0.2, -0.15) is 5.10 Å². The summed E-state index contributed by atoms with van der Waals surface area (Å²) in [5.41, 5.74) is 2.58. The predicted octanol–water partition coefficient (Wildman–Crippen LogP) is 3.29. The van der Waals surface area contributed by atoms with Crippen molar-refractivity contribution in [3.63, 3.8) is 0 Å². The molecule has 0 aromatic heterocycles. The van der Waals surface area contributed by atoms with E-state index in [1.165, 1.54) is 11.1 Å². The number of hydrogen-bond donors (Lipinski definition) is 0. The summed E-state index contributed by atoms with van der Waals surface area (Å²) in [6.45, 7) is 2.53. The molecule has 0 saturated carbocycles. The first-order valence-corrected chi connectivity index (χ1v) is 9.69. The molecule has 2 aromatic carbocycles. The van der Waals surface area contributed by atoms with E-state index in [0.717, 1.165) is 16.8 Å². The fraction of sp³-hybridized carbons (Fsp3) is 0.261. The first-order valence-electron chi connectivity index (χ1n) is 9.69. The molecule has 0 bridgehead atoms. The number of ether oxygens (including phenoxy) is 3. The van der Waals surface area contributed by atoms with Gasteiger partial charge in [0.15, 0.2) is 18.1 Å². The van der Waals surface area contributed by atoms with Crippen molar-refractivity contribution >= 4 is 23.7 Å². The van der Waals surface area contributed by atoms with Crippen molar-refractivity contribution in [2.75, 3.05) is 26.9 Å². The van der Waals surface area contributed by atoms with E-state index in [2.05, 4.69) is 5.10 Å². The van der Waals surface area contributed by atoms with E-state index in [9.17, 15) is 9.59 Å². The van der Waals surface area contributed by atoms with Crippen molar-refractivity contribution in [3.8, 4) is 11.5 Å². The number of esters is 1. The number of hydrogen-bond acceptors (Lipinski definition) is 6. The van der Waals surface area contributed by atoms with Crippen LogP contribution in [0.3, 0.4) is 0 Å². The number of carbonyl (C=O) groups is 2. The monoisotopic (exact) mass is 408 g/mol. The van der Waals surface area contributed by atoms with Gasteiger partial charge >= 0.3 is 5.97 Å². The minimum absolute atomic E-state index is 0.356. The Balaban J connectivity index is 1.52. The Hall–Kier alpha value is -3.61. The highest BCUT2D eigenvalue weighted by Gasteiger charge is 2.22. The van der Waals surface area contributed by atoms with Crippen molar-refractivity contribution in [1.82, 2.24) is 5.01 Å². The number of rotatable bonds is 8. The maximum Gasteiger partial charge on any atom is 0.331 e. The van der Waals surface area contributed by atoms with Crippen LogP contribution in [0.2, 0.25) is 0 Å². The normalized spacial score (nSPS) is 13.3. The topological polar surface area (TPSA) is 77.4 Å². The third-order valence-corrected chi connectivity index (χ3v) is 4.43. The number of methoxy groups -OCH3 is 1. The highest BCUT2D eigenvalue weighted by Crippen LogP contribution is 2.28. The van der Waals surface area contributed by atoms with Crippen molar-refractivity contribution in [3.05, 3.63) is 65.7 Å². The molecule has 1 heterocycles. The van der Waals surface area contributed by atoms with Gasteiger partial charge in [-0.25, -0.2) is 9.80 Å². The lowest BCUT2D eigenvalue weighted by molar-refractivity contribution is -0.147. The molecule has 0 atom stereocenters. The lowest BCUT2D eigenvalue weighted by Gasteiger charge is -2.11. The van der Waals surface area contributed by atoms with Gasteiger partial charge in [-0.1, -0.05) is 36.4 Å². The summed E-state index contributed by atoms with van der Waals surface area (Å²) < 4.78 is 15.8. The molecule has 0 radical (unpaired) electrons. The maximum atomic E-state index is 12.3. The van der Waals surface area contributed by atoms with Gasteiger partial charge in [-0.05, 0) is 36.3 Å². The molecule has 1 amide bonds. The van der Waals surface area contributed by atoms with E-state index in [4.69, 9.17) is 14.2 Å². The van der Waals surface area contributed by atoms with Crippen molar-refractivity contribution in [2.45, 2.75) is 13.3 Å². The number of hydrazone groups is 1. The Morgan fingerprint density at radius 2 is 1.93 bits per heavy atom. The molecule has 0 saturated heterocycles. The van der Waals surface area contributed by atoms with Gasteiger partial charge in [-0.15, -0.1) is 0 Å². The van der Waals surface area contributed by atoms with Crippen LogP contribution in [0.25, 0.3) is 6.08 Å². The molecule has 0 fully saturated rings. The minimum Gasteiger partial charge on any atom is -0.493 e. The Bertz CT molecular complexity index is 953. The van der Waals surface area contributed by atoms with Gasteiger partial charge in [-0.3, -0.25) is 4.79 Å². The second kappa shape index (κ2) is 10.2. The summed E-state index contributed by atoms with van der Waals surface area (Å²) in [5, 5.41) is 5.68. The summed E-state index contributed by atoms with van der Waals surface area (Å²) in [5.74, 6) is 0.239. The Kier molecular flexibility index (Phi) is 7.21. The van der Waals surface area contributed by atoms with E-state index in [1.54, 1.807) is 31.4 Å². The third-order valence-electron chi connectivity index (χ3n) is 4.43. The molecule has 7 heteroatoms. The standard InChI is InChI=1S/C23H24N2O5/c1-3-29-20-11-9-17(15-21(20)28-2)10-12-23(27)30-16-22(26)25-14-13-19(24-25)18-7-5-4-6-8-18/h4-12,15H,3,13-14,16H2,1-2H3/b12-10+. The summed E-state index contributed by atoms with van der Waals surface area (Å²) in [7, 11) is 1.55. The fourth-order valence-corrected chi connectivity index (χ4v) is 2.95. The zero-order chi connectivity index (χ0) is 21.3. The van der Waals surface area contributed by atoms with E-state index in [0.29, 0.717) is 31.1 Å². The van der Waals surface area contributed by atoms with Crippen molar-refractivity contribution < 1.29 is 23.8 Å². The van der Waals surface area contributed by atoms with Gasteiger partial charge in [0.2, 0.25) is 0 Å². The molecule has 0 unspecified atom stereocenters. The van der Waals surface area contributed by atoms with Gasteiger partial charge < -0.3 is 14.2 Å². The van der Waals surface area contributed by atoms with Crippen LogP contribution in [0, 0.1) is 0 Å². The van der Waals surface area contributed by atoms with Gasteiger partial charge in [0.1, 0.15) is 0 Å². The molecule has 0 N–H and O–H groups in total. The summed E-state index contributed by atoms with van der Waals surface area (Å²) in [6.07, 6.45) is 3.53. The van der Waals surface area contributed by atoms with Gasteiger partial charge in [0.25, 0.3) is 5.91 Å². The molecular formula is C23H24N2O5. The first-order chi connectivity index (χ1) is 14.6. The molecule has 0 aliphatic carbocycles. The lowest BCUT2D eigenvalue weighted by Crippen LogP contribution is -2.28. The average molecular weight is 408 g/mol. The predicted molar refractivity (Wildman–Crippen MR) is 113 cm³/mol. The fourth-order valence-electron chi connectivity index (χ4n) is 2.95. The zero-order valence-electron chi connectivity index (χ0n) is 17.0. The Morgan fingerprint density at radius 1 is 1.13 bits per heavy atom. The second-order valence-corrected chi connectivity index (χ2v) is 6.46. The summed E-state index contributed by atoms with van der Waals surface area (Å²) >= 11 is 0. The van der Waals surface area contributed by atoms with E-state index >= 15 is 0 Å². The van der Waals surface area contributed by atoms with E-state index in [1.807, 2.05) is 37.3 Å². The average Bonchev–Trinajstić information content (AvgIpc) is 3.28. The van der Waals surface area contributed by atoms with Gasteiger partial charge in [0, 0.05) is 12.5 Å².